The first-order chi connectivity index (χ1) is 10.2. The molecule has 0 radical (unpaired) electrons. The Bertz CT molecular complexity index is 375. The van der Waals surface area contributed by atoms with Crippen LogP contribution in [0.4, 0.5) is 0 Å². The molecule has 3 fully saturated rings. The van der Waals surface area contributed by atoms with Crippen molar-refractivity contribution in [3.05, 3.63) is 0 Å². The molecule has 0 bridgehead atoms. The van der Waals surface area contributed by atoms with Crippen LogP contribution in [0, 0.1) is 17.2 Å². The summed E-state index contributed by atoms with van der Waals surface area (Å²) in [7, 11) is 0. The van der Waals surface area contributed by atoms with Crippen LogP contribution in [0.25, 0.3) is 0 Å². The number of piperazine rings is 1. The van der Waals surface area contributed by atoms with Gasteiger partial charge in [-0.05, 0) is 51.0 Å². The summed E-state index contributed by atoms with van der Waals surface area (Å²) in [5.41, 5.74) is -0.261. The van der Waals surface area contributed by atoms with Gasteiger partial charge < -0.3 is 4.90 Å². The second-order valence-corrected chi connectivity index (χ2v) is 7.25. The molecular formula is C17H30N4. The number of nitrogens with one attached hydrogen (secondary N) is 1. The van der Waals surface area contributed by atoms with E-state index in [1.807, 2.05) is 0 Å². The summed E-state index contributed by atoms with van der Waals surface area (Å²) >= 11 is 0. The fourth-order valence-corrected chi connectivity index (χ4v) is 4.17. The first-order valence-corrected chi connectivity index (χ1v) is 8.87. The van der Waals surface area contributed by atoms with Gasteiger partial charge in [0.2, 0.25) is 0 Å². The molecule has 2 atom stereocenters. The molecule has 3 rings (SSSR count). The molecule has 3 aliphatic rings. The van der Waals surface area contributed by atoms with E-state index in [-0.39, 0.29) is 5.54 Å². The van der Waals surface area contributed by atoms with Crippen LogP contribution in [0.1, 0.15) is 45.4 Å². The number of hydrogen-bond donors (Lipinski definition) is 1. The summed E-state index contributed by atoms with van der Waals surface area (Å²) in [5.74, 6) is 1.01. The highest BCUT2D eigenvalue weighted by molar-refractivity contribution is 5.11. The molecule has 1 saturated heterocycles. The Morgan fingerprint density at radius 3 is 2.57 bits per heavy atom. The third-order valence-electron chi connectivity index (χ3n) is 5.59. The molecule has 2 saturated carbocycles. The van der Waals surface area contributed by atoms with Crippen LogP contribution in [0.3, 0.4) is 0 Å². The summed E-state index contributed by atoms with van der Waals surface area (Å²) in [4.78, 5) is 5.31. The van der Waals surface area contributed by atoms with Crippen LogP contribution in [-0.4, -0.2) is 60.6 Å². The average Bonchev–Trinajstić information content (AvgIpc) is 3.33. The normalized spacial score (nSPS) is 35.5. The first-order valence-electron chi connectivity index (χ1n) is 8.87. The van der Waals surface area contributed by atoms with Crippen LogP contribution in [-0.2, 0) is 0 Å². The van der Waals surface area contributed by atoms with Crippen molar-refractivity contribution in [3.8, 4) is 6.07 Å². The summed E-state index contributed by atoms with van der Waals surface area (Å²) in [5, 5.41) is 13.1. The summed E-state index contributed by atoms with van der Waals surface area (Å²) < 4.78 is 0. The summed E-state index contributed by atoms with van der Waals surface area (Å²) in [6, 6.07) is 3.19. The lowest BCUT2D eigenvalue weighted by molar-refractivity contribution is 0.0613. The van der Waals surface area contributed by atoms with Crippen molar-refractivity contribution >= 4 is 0 Å². The topological polar surface area (TPSA) is 42.3 Å². The van der Waals surface area contributed by atoms with Crippen LogP contribution in [0.5, 0.6) is 0 Å². The first kappa shape index (κ1) is 15.3. The molecular weight excluding hydrogens is 260 g/mol. The van der Waals surface area contributed by atoms with E-state index in [2.05, 4.69) is 28.1 Å². The second-order valence-electron chi connectivity index (χ2n) is 7.25. The molecule has 0 spiro atoms. The van der Waals surface area contributed by atoms with Gasteiger partial charge in [-0.2, -0.15) is 5.26 Å². The van der Waals surface area contributed by atoms with E-state index in [4.69, 9.17) is 0 Å². The molecule has 2 aliphatic carbocycles. The maximum absolute atomic E-state index is 9.60. The zero-order valence-corrected chi connectivity index (χ0v) is 13.5. The van der Waals surface area contributed by atoms with E-state index in [9.17, 15) is 5.26 Å². The van der Waals surface area contributed by atoms with Gasteiger partial charge in [0, 0.05) is 38.8 Å². The second kappa shape index (κ2) is 6.64. The Morgan fingerprint density at radius 1 is 1.19 bits per heavy atom. The maximum Gasteiger partial charge on any atom is 0.108 e. The van der Waals surface area contributed by atoms with E-state index in [0.717, 1.165) is 25.3 Å². The minimum Gasteiger partial charge on any atom is -0.301 e. The smallest absolute Gasteiger partial charge is 0.108 e. The predicted molar refractivity (Wildman–Crippen MR) is 85.0 cm³/mol. The lowest BCUT2D eigenvalue weighted by Crippen LogP contribution is -2.56. The van der Waals surface area contributed by atoms with E-state index in [0.29, 0.717) is 6.04 Å². The number of hydrogen-bond acceptors (Lipinski definition) is 4. The zero-order valence-electron chi connectivity index (χ0n) is 13.5. The zero-order chi connectivity index (χ0) is 14.7. The minimum atomic E-state index is -0.261. The van der Waals surface area contributed by atoms with Gasteiger partial charge in [-0.1, -0.05) is 6.92 Å². The third-order valence-corrected chi connectivity index (χ3v) is 5.59. The van der Waals surface area contributed by atoms with E-state index in [1.165, 1.54) is 58.4 Å². The van der Waals surface area contributed by atoms with Crippen molar-refractivity contribution < 1.29 is 0 Å². The standard InChI is InChI=1S/C17H30N4/c1-2-19-17(14-18)7-3-4-16(12-17)21-10-8-20(9-11-21)13-15-5-6-15/h15-16,19H,2-13H2,1H3. The Hall–Kier alpha value is -0.630. The SMILES string of the molecule is CCNC1(C#N)CCCC(N2CCN(CC3CC3)CC2)C1. The molecule has 0 aromatic carbocycles. The van der Waals surface area contributed by atoms with Gasteiger partial charge in [-0.25, -0.2) is 0 Å². The molecule has 1 heterocycles. The van der Waals surface area contributed by atoms with Gasteiger partial charge in [0.1, 0.15) is 5.54 Å². The van der Waals surface area contributed by atoms with Crippen LogP contribution >= 0.6 is 0 Å². The van der Waals surface area contributed by atoms with Gasteiger partial charge >= 0.3 is 0 Å². The highest BCUT2D eigenvalue weighted by Crippen LogP contribution is 2.32. The van der Waals surface area contributed by atoms with Gasteiger partial charge in [-0.3, -0.25) is 10.2 Å². The highest BCUT2D eigenvalue weighted by Gasteiger charge is 2.38. The monoisotopic (exact) mass is 290 g/mol. The van der Waals surface area contributed by atoms with Crippen molar-refractivity contribution in [2.24, 2.45) is 5.92 Å². The van der Waals surface area contributed by atoms with Gasteiger partial charge in [0.15, 0.2) is 0 Å². The molecule has 118 valence electrons. The Balaban J connectivity index is 1.51. The molecule has 1 aliphatic heterocycles. The van der Waals surface area contributed by atoms with E-state index < -0.39 is 0 Å². The summed E-state index contributed by atoms with van der Waals surface area (Å²) in [6.45, 7) is 9.20. The van der Waals surface area contributed by atoms with Crippen molar-refractivity contribution in [2.75, 3.05) is 39.3 Å². The number of nitriles is 1. The number of rotatable bonds is 5. The third kappa shape index (κ3) is 3.77. The Labute approximate surface area is 129 Å². The molecule has 4 nitrogen and oxygen atoms in total. The molecule has 21 heavy (non-hydrogen) atoms. The number of nitrogens with zero attached hydrogens (tertiary/aromatic N) is 3. The van der Waals surface area contributed by atoms with Crippen LogP contribution in [0.15, 0.2) is 0 Å². The summed E-state index contributed by atoms with van der Waals surface area (Å²) in [6.07, 6.45) is 7.41. The van der Waals surface area contributed by atoms with Gasteiger partial charge in [0.05, 0.1) is 6.07 Å². The fourth-order valence-electron chi connectivity index (χ4n) is 4.17. The van der Waals surface area contributed by atoms with Crippen LogP contribution < -0.4 is 5.32 Å². The maximum atomic E-state index is 9.60. The minimum absolute atomic E-state index is 0.261. The molecule has 0 amide bonds. The van der Waals surface area contributed by atoms with Crippen LogP contribution in [0.2, 0.25) is 0 Å². The quantitative estimate of drug-likeness (QED) is 0.839. The lowest BCUT2D eigenvalue weighted by atomic mass is 9.79. The van der Waals surface area contributed by atoms with Crippen molar-refractivity contribution in [1.29, 1.82) is 5.26 Å². The van der Waals surface area contributed by atoms with Crippen molar-refractivity contribution in [1.82, 2.24) is 15.1 Å². The fraction of sp³-hybridized carbons (Fsp3) is 0.941. The Morgan fingerprint density at radius 2 is 1.95 bits per heavy atom. The molecule has 0 aromatic rings. The average molecular weight is 290 g/mol. The van der Waals surface area contributed by atoms with Gasteiger partial charge in [-0.15, -0.1) is 0 Å². The van der Waals surface area contributed by atoms with Gasteiger partial charge in [0.25, 0.3) is 0 Å². The molecule has 1 N–H and O–H groups in total. The molecule has 4 heteroatoms. The van der Waals surface area contributed by atoms with E-state index >= 15 is 0 Å². The predicted octanol–water partition coefficient (Wildman–Crippen LogP) is 1.83. The Kier molecular flexibility index (Phi) is 4.83. The van der Waals surface area contributed by atoms with Crippen molar-refractivity contribution in [2.45, 2.75) is 57.0 Å². The molecule has 2 unspecified atom stereocenters. The van der Waals surface area contributed by atoms with Crippen molar-refractivity contribution in [3.63, 3.8) is 0 Å². The lowest BCUT2D eigenvalue weighted by Gasteiger charge is -2.45. The largest absolute Gasteiger partial charge is 0.301 e. The highest BCUT2D eigenvalue weighted by atomic mass is 15.3. The molecule has 0 aromatic heterocycles. The van der Waals surface area contributed by atoms with E-state index in [1.54, 1.807) is 0 Å².